The van der Waals surface area contributed by atoms with Gasteiger partial charge in [0, 0.05) is 5.54 Å². The van der Waals surface area contributed by atoms with Gasteiger partial charge in [0.2, 0.25) is 11.7 Å². The first-order valence-corrected chi connectivity index (χ1v) is 8.44. The van der Waals surface area contributed by atoms with Gasteiger partial charge in [0.25, 0.3) is 0 Å². The van der Waals surface area contributed by atoms with Crippen molar-refractivity contribution < 1.29 is 19.1 Å². The van der Waals surface area contributed by atoms with E-state index in [1.54, 1.807) is 6.92 Å². The summed E-state index contributed by atoms with van der Waals surface area (Å²) >= 11 is 0. The van der Waals surface area contributed by atoms with E-state index in [9.17, 15) is 9.59 Å². The van der Waals surface area contributed by atoms with Crippen LogP contribution in [0.3, 0.4) is 0 Å². The molecule has 0 saturated heterocycles. The topological polar surface area (TPSA) is 64.6 Å². The zero-order valence-electron chi connectivity index (χ0n) is 13.0. The van der Waals surface area contributed by atoms with Crippen molar-refractivity contribution >= 4 is 11.8 Å². The van der Waals surface area contributed by atoms with Gasteiger partial charge in [-0.15, -0.1) is 0 Å². The Morgan fingerprint density at radius 3 is 2.36 bits per heavy atom. The molecule has 4 aliphatic carbocycles. The van der Waals surface area contributed by atoms with E-state index >= 15 is 0 Å². The van der Waals surface area contributed by atoms with Crippen molar-refractivity contribution in [1.82, 2.24) is 5.32 Å². The minimum absolute atomic E-state index is 0.0203. The van der Waals surface area contributed by atoms with Gasteiger partial charge >= 0.3 is 5.97 Å². The van der Waals surface area contributed by atoms with E-state index < -0.39 is 5.97 Å². The lowest BCUT2D eigenvalue weighted by Gasteiger charge is -2.57. The standard InChI is InChI=1S/C17H23NO4/c1-2-21-16(20)14-13(19)9-22-15(14)18-17-6-10-3-11(7-17)5-12(4-10)8-17/h10-12,18H,2-9H2,1H3. The van der Waals surface area contributed by atoms with E-state index in [1.807, 2.05) is 0 Å². The number of ketones is 1. The first-order valence-electron chi connectivity index (χ1n) is 8.44. The van der Waals surface area contributed by atoms with Gasteiger partial charge in [-0.1, -0.05) is 0 Å². The van der Waals surface area contributed by atoms with Crippen molar-refractivity contribution in [3.63, 3.8) is 0 Å². The molecule has 5 nitrogen and oxygen atoms in total. The molecule has 0 aromatic heterocycles. The van der Waals surface area contributed by atoms with Gasteiger partial charge in [-0.2, -0.15) is 0 Å². The van der Waals surface area contributed by atoms with Crippen LogP contribution in [0.5, 0.6) is 0 Å². The van der Waals surface area contributed by atoms with Crippen molar-refractivity contribution in [2.75, 3.05) is 13.2 Å². The van der Waals surface area contributed by atoms with Crippen molar-refractivity contribution in [3.05, 3.63) is 11.5 Å². The molecular weight excluding hydrogens is 282 g/mol. The van der Waals surface area contributed by atoms with E-state index in [2.05, 4.69) is 5.32 Å². The number of hydrogen-bond acceptors (Lipinski definition) is 5. The first kappa shape index (κ1) is 14.1. The van der Waals surface area contributed by atoms with Gasteiger partial charge in [-0.05, 0) is 63.2 Å². The minimum Gasteiger partial charge on any atom is -0.470 e. The highest BCUT2D eigenvalue weighted by Gasteiger charge is 2.52. The summed E-state index contributed by atoms with van der Waals surface area (Å²) in [6.45, 7) is 1.95. The second-order valence-electron chi connectivity index (χ2n) is 7.46. The first-order chi connectivity index (χ1) is 10.6. The quantitative estimate of drug-likeness (QED) is 0.635. The second-order valence-corrected chi connectivity index (χ2v) is 7.46. The maximum atomic E-state index is 12.0. The third-order valence-corrected chi connectivity index (χ3v) is 5.75. The molecule has 1 heterocycles. The summed E-state index contributed by atoms with van der Waals surface area (Å²) in [7, 11) is 0. The Hall–Kier alpha value is -1.52. The predicted molar refractivity (Wildman–Crippen MR) is 78.7 cm³/mol. The number of esters is 1. The van der Waals surface area contributed by atoms with E-state index in [-0.39, 0.29) is 30.1 Å². The highest BCUT2D eigenvalue weighted by Crippen LogP contribution is 2.56. The average molecular weight is 305 g/mol. The van der Waals surface area contributed by atoms with Crippen LogP contribution < -0.4 is 5.32 Å². The molecule has 0 atom stereocenters. The number of carbonyl (C=O) groups excluding carboxylic acids is 2. The molecule has 1 N–H and O–H groups in total. The predicted octanol–water partition coefficient (Wildman–Crippen LogP) is 1.92. The number of carbonyl (C=O) groups is 2. The van der Waals surface area contributed by atoms with Crippen LogP contribution in [0.2, 0.25) is 0 Å². The average Bonchev–Trinajstić information content (AvgIpc) is 2.77. The number of ether oxygens (including phenoxy) is 2. The van der Waals surface area contributed by atoms with Crippen LogP contribution in [0, 0.1) is 17.8 Å². The van der Waals surface area contributed by atoms with Gasteiger partial charge < -0.3 is 14.8 Å². The van der Waals surface area contributed by atoms with Crippen molar-refractivity contribution in [3.8, 4) is 0 Å². The van der Waals surface area contributed by atoms with Crippen LogP contribution in [-0.4, -0.2) is 30.5 Å². The van der Waals surface area contributed by atoms with Crippen LogP contribution >= 0.6 is 0 Å². The molecule has 4 saturated carbocycles. The number of Topliss-reactive ketones (excluding diaryl/α,β-unsaturated/α-hetero) is 1. The van der Waals surface area contributed by atoms with Gasteiger partial charge in [0.05, 0.1) is 6.61 Å². The number of hydrogen-bond donors (Lipinski definition) is 1. The van der Waals surface area contributed by atoms with E-state index in [0.717, 1.165) is 37.0 Å². The zero-order valence-corrected chi connectivity index (χ0v) is 13.0. The third kappa shape index (κ3) is 2.22. The summed E-state index contributed by atoms with van der Waals surface area (Å²) < 4.78 is 10.5. The summed E-state index contributed by atoms with van der Waals surface area (Å²) in [5.74, 6) is 1.92. The lowest BCUT2D eigenvalue weighted by atomic mass is 9.53. The highest BCUT2D eigenvalue weighted by atomic mass is 16.5. The van der Waals surface area contributed by atoms with Gasteiger partial charge in [-0.3, -0.25) is 4.79 Å². The summed E-state index contributed by atoms with van der Waals surface area (Å²) in [5.41, 5.74) is 0.101. The molecule has 0 unspecified atom stereocenters. The lowest BCUT2D eigenvalue weighted by molar-refractivity contribution is -0.139. The fourth-order valence-electron chi connectivity index (χ4n) is 5.42. The van der Waals surface area contributed by atoms with E-state index in [0.29, 0.717) is 5.88 Å². The Labute approximate surface area is 130 Å². The minimum atomic E-state index is -0.558. The zero-order chi connectivity index (χ0) is 15.3. The molecule has 4 bridgehead atoms. The van der Waals surface area contributed by atoms with Crippen LogP contribution in [0.1, 0.15) is 45.4 Å². The molecule has 0 aromatic rings. The SMILES string of the molecule is CCOC(=O)C1=C(NC23CC4CC(CC(C4)C2)C3)OCC1=O. The molecule has 4 fully saturated rings. The maximum absolute atomic E-state index is 12.0. The number of nitrogens with one attached hydrogen (secondary N) is 1. The van der Waals surface area contributed by atoms with Gasteiger partial charge in [0.1, 0.15) is 0 Å². The lowest BCUT2D eigenvalue weighted by Crippen LogP contribution is -2.58. The van der Waals surface area contributed by atoms with Gasteiger partial charge in [0.15, 0.2) is 12.2 Å². The maximum Gasteiger partial charge on any atom is 0.347 e. The van der Waals surface area contributed by atoms with Crippen LogP contribution in [0.4, 0.5) is 0 Å². The van der Waals surface area contributed by atoms with E-state index in [1.165, 1.54) is 19.3 Å². The summed E-state index contributed by atoms with van der Waals surface area (Å²) in [6.07, 6.45) is 7.46. The Morgan fingerprint density at radius 2 is 1.82 bits per heavy atom. The number of rotatable bonds is 4. The molecule has 5 heteroatoms. The summed E-state index contributed by atoms with van der Waals surface area (Å²) in [6, 6.07) is 0. The summed E-state index contributed by atoms with van der Waals surface area (Å²) in [5, 5.41) is 3.48. The molecule has 0 aromatic carbocycles. The largest absolute Gasteiger partial charge is 0.470 e. The molecule has 0 radical (unpaired) electrons. The Kier molecular flexibility index (Phi) is 3.20. The summed E-state index contributed by atoms with van der Waals surface area (Å²) in [4.78, 5) is 24.0. The molecule has 0 amide bonds. The van der Waals surface area contributed by atoms with Crippen LogP contribution in [0.15, 0.2) is 11.5 Å². The Balaban J connectivity index is 1.59. The Bertz CT molecular complexity index is 516. The fourth-order valence-corrected chi connectivity index (χ4v) is 5.42. The highest BCUT2D eigenvalue weighted by molar-refractivity contribution is 6.19. The van der Waals surface area contributed by atoms with Crippen molar-refractivity contribution in [2.24, 2.45) is 17.8 Å². The monoisotopic (exact) mass is 305 g/mol. The van der Waals surface area contributed by atoms with Crippen LogP contribution in [0.25, 0.3) is 0 Å². The van der Waals surface area contributed by atoms with E-state index in [4.69, 9.17) is 9.47 Å². The molecular formula is C17H23NO4. The second kappa shape index (κ2) is 5.00. The van der Waals surface area contributed by atoms with Crippen molar-refractivity contribution in [2.45, 2.75) is 51.0 Å². The normalized spacial score (nSPS) is 39.1. The fraction of sp³-hybridized carbons (Fsp3) is 0.765. The molecule has 22 heavy (non-hydrogen) atoms. The van der Waals surface area contributed by atoms with Gasteiger partial charge in [-0.25, -0.2) is 4.79 Å². The smallest absolute Gasteiger partial charge is 0.347 e. The Morgan fingerprint density at radius 1 is 1.23 bits per heavy atom. The molecule has 1 aliphatic heterocycles. The molecule has 5 aliphatic rings. The molecule has 0 spiro atoms. The third-order valence-electron chi connectivity index (χ3n) is 5.75. The molecule has 120 valence electrons. The van der Waals surface area contributed by atoms with Crippen LogP contribution in [-0.2, 0) is 19.1 Å². The molecule has 5 rings (SSSR count). The van der Waals surface area contributed by atoms with Crippen molar-refractivity contribution in [1.29, 1.82) is 0 Å².